The van der Waals surface area contributed by atoms with E-state index >= 15 is 0 Å². The minimum Gasteiger partial charge on any atom is -0.484 e. The van der Waals surface area contributed by atoms with Gasteiger partial charge in [-0.15, -0.1) is 5.10 Å². The summed E-state index contributed by atoms with van der Waals surface area (Å²) in [5.41, 5.74) is 0.903. The molecular formula is C25H28ClN5O4. The second-order valence-electron chi connectivity index (χ2n) is 9.14. The number of benzene rings is 1. The monoisotopic (exact) mass is 497 g/mol. The second kappa shape index (κ2) is 9.07. The van der Waals surface area contributed by atoms with Gasteiger partial charge in [-0.2, -0.15) is 0 Å². The number of methoxy groups -OCH3 is 1. The largest absolute Gasteiger partial charge is 0.484 e. The highest BCUT2D eigenvalue weighted by atomic mass is 35.5. The third kappa shape index (κ3) is 4.54. The lowest BCUT2D eigenvalue weighted by atomic mass is 9.82. The number of ether oxygens (including phenoxy) is 2. The third-order valence-corrected chi connectivity index (χ3v) is 6.10. The maximum atomic E-state index is 12.3. The smallest absolute Gasteiger partial charge is 0.258 e. The van der Waals surface area contributed by atoms with Crippen LogP contribution in [0.4, 0.5) is 0 Å². The van der Waals surface area contributed by atoms with E-state index in [-0.39, 0.29) is 23.3 Å². The third-order valence-electron chi connectivity index (χ3n) is 5.73. The van der Waals surface area contributed by atoms with E-state index in [0.29, 0.717) is 33.4 Å². The lowest BCUT2D eigenvalue weighted by Gasteiger charge is -2.30. The molecule has 0 fully saturated rings. The molecule has 10 heteroatoms. The van der Waals surface area contributed by atoms with E-state index in [1.165, 1.54) is 18.0 Å². The lowest BCUT2D eigenvalue weighted by Crippen LogP contribution is -2.32. The number of hydrogen-bond donors (Lipinski definition) is 2. The number of aromatic nitrogens is 5. The molecule has 3 heterocycles. The zero-order valence-corrected chi connectivity index (χ0v) is 21.3. The Morgan fingerprint density at radius 2 is 1.83 bits per heavy atom. The van der Waals surface area contributed by atoms with Crippen LogP contribution >= 0.6 is 11.6 Å². The fourth-order valence-corrected chi connectivity index (χ4v) is 4.34. The summed E-state index contributed by atoms with van der Waals surface area (Å²) in [7, 11) is 3.18. The average molecular weight is 498 g/mol. The topological polar surface area (TPSA) is 115 Å². The summed E-state index contributed by atoms with van der Waals surface area (Å²) in [6.45, 7) is 6.97. The molecule has 35 heavy (non-hydrogen) atoms. The minimum absolute atomic E-state index is 0.0190. The summed E-state index contributed by atoms with van der Waals surface area (Å²) >= 11 is 6.78. The van der Waals surface area contributed by atoms with Gasteiger partial charge in [0.05, 0.1) is 35.1 Å². The number of nitrogens with zero attached hydrogens (tertiary/aromatic N) is 5. The Kier molecular flexibility index (Phi) is 6.44. The van der Waals surface area contributed by atoms with Crippen LogP contribution in [-0.2, 0) is 12.6 Å². The maximum absolute atomic E-state index is 12.3. The number of fused-ring (bicyclic) bond motifs is 1. The van der Waals surface area contributed by atoms with Crippen LogP contribution in [0.5, 0.6) is 11.6 Å². The van der Waals surface area contributed by atoms with Crippen LogP contribution in [0, 0.1) is 13.8 Å². The van der Waals surface area contributed by atoms with Gasteiger partial charge in [0, 0.05) is 29.4 Å². The molecule has 0 aliphatic rings. The van der Waals surface area contributed by atoms with Gasteiger partial charge < -0.3 is 19.7 Å². The highest BCUT2D eigenvalue weighted by Crippen LogP contribution is 2.43. The Hall–Kier alpha value is -3.27. The van der Waals surface area contributed by atoms with E-state index in [2.05, 4.69) is 20.3 Å². The SMILES string of the molecule is COc1nc2ccc([C@@](O)(c3ccc(C)nc3C)c3cnnn3C)cc2c(Cl)c1OCC(C)(C)O. The molecule has 0 radical (unpaired) electrons. The highest BCUT2D eigenvalue weighted by molar-refractivity contribution is 6.37. The molecule has 184 valence electrons. The Morgan fingerprint density at radius 1 is 1.09 bits per heavy atom. The molecule has 1 aromatic carbocycles. The zero-order valence-electron chi connectivity index (χ0n) is 20.5. The van der Waals surface area contributed by atoms with Gasteiger partial charge in [-0.25, -0.2) is 9.67 Å². The van der Waals surface area contributed by atoms with E-state index in [1.54, 1.807) is 39.1 Å². The van der Waals surface area contributed by atoms with Crippen molar-refractivity contribution in [3.63, 3.8) is 0 Å². The first kappa shape index (κ1) is 24.8. The fraction of sp³-hybridized carbons (Fsp3) is 0.360. The number of aliphatic hydroxyl groups is 2. The van der Waals surface area contributed by atoms with Crippen molar-refractivity contribution in [2.24, 2.45) is 7.05 Å². The molecule has 0 unspecified atom stereocenters. The summed E-state index contributed by atoms with van der Waals surface area (Å²) in [5.74, 6) is 0.407. The maximum Gasteiger partial charge on any atom is 0.258 e. The van der Waals surface area contributed by atoms with Crippen molar-refractivity contribution in [1.29, 1.82) is 0 Å². The van der Waals surface area contributed by atoms with Crippen LogP contribution in [0.1, 0.15) is 42.1 Å². The normalized spacial score (nSPS) is 13.6. The molecule has 0 aliphatic heterocycles. The van der Waals surface area contributed by atoms with Crippen LogP contribution in [0.25, 0.3) is 10.9 Å². The Balaban J connectivity index is 1.96. The van der Waals surface area contributed by atoms with Crippen molar-refractivity contribution < 1.29 is 19.7 Å². The van der Waals surface area contributed by atoms with Crippen LogP contribution in [-0.4, -0.2) is 54.5 Å². The number of halogens is 1. The Morgan fingerprint density at radius 3 is 2.43 bits per heavy atom. The first-order chi connectivity index (χ1) is 16.5. The zero-order chi connectivity index (χ0) is 25.5. The van der Waals surface area contributed by atoms with Crippen molar-refractivity contribution in [3.8, 4) is 11.6 Å². The van der Waals surface area contributed by atoms with E-state index in [4.69, 9.17) is 21.1 Å². The van der Waals surface area contributed by atoms with Crippen molar-refractivity contribution >= 4 is 22.5 Å². The van der Waals surface area contributed by atoms with Crippen molar-refractivity contribution in [2.45, 2.75) is 38.9 Å². The van der Waals surface area contributed by atoms with Gasteiger partial charge >= 0.3 is 0 Å². The van der Waals surface area contributed by atoms with Crippen LogP contribution in [0.2, 0.25) is 5.02 Å². The summed E-state index contributed by atoms with van der Waals surface area (Å²) in [6.07, 6.45) is 1.52. The molecule has 3 aromatic heterocycles. The lowest BCUT2D eigenvalue weighted by molar-refractivity contribution is 0.0275. The van der Waals surface area contributed by atoms with E-state index in [1.807, 2.05) is 26.0 Å². The molecule has 9 nitrogen and oxygen atoms in total. The van der Waals surface area contributed by atoms with Gasteiger partial charge in [-0.1, -0.05) is 28.9 Å². The van der Waals surface area contributed by atoms with Gasteiger partial charge in [0.15, 0.2) is 5.60 Å². The van der Waals surface area contributed by atoms with E-state index in [0.717, 1.165) is 5.69 Å². The minimum atomic E-state index is -1.63. The number of hydrogen-bond acceptors (Lipinski definition) is 8. The van der Waals surface area contributed by atoms with Crippen LogP contribution in [0.15, 0.2) is 36.5 Å². The summed E-state index contributed by atoms with van der Waals surface area (Å²) in [5, 5.41) is 31.2. The highest BCUT2D eigenvalue weighted by Gasteiger charge is 2.39. The molecule has 2 N–H and O–H groups in total. The quantitative estimate of drug-likeness (QED) is 0.399. The first-order valence-corrected chi connectivity index (χ1v) is 11.4. The number of pyridine rings is 2. The predicted molar refractivity (Wildman–Crippen MR) is 132 cm³/mol. The summed E-state index contributed by atoms with van der Waals surface area (Å²) in [4.78, 5) is 9.08. The molecular weight excluding hydrogens is 470 g/mol. The molecule has 4 rings (SSSR count). The molecule has 0 saturated heterocycles. The Labute approximate surface area is 208 Å². The van der Waals surface area contributed by atoms with E-state index < -0.39 is 11.2 Å². The fourth-order valence-electron chi connectivity index (χ4n) is 4.05. The van der Waals surface area contributed by atoms with E-state index in [9.17, 15) is 10.2 Å². The average Bonchev–Trinajstić information content (AvgIpc) is 3.23. The molecule has 0 amide bonds. The van der Waals surface area contributed by atoms with Crippen molar-refractivity contribution in [2.75, 3.05) is 13.7 Å². The summed E-state index contributed by atoms with van der Waals surface area (Å²) in [6, 6.07) is 8.98. The van der Waals surface area contributed by atoms with Gasteiger partial charge in [0.1, 0.15) is 6.61 Å². The number of rotatable bonds is 7. The molecule has 4 aromatic rings. The molecule has 0 bridgehead atoms. The molecule has 0 spiro atoms. The molecule has 1 atom stereocenters. The van der Waals surface area contributed by atoms with Gasteiger partial charge in [0.25, 0.3) is 5.88 Å². The van der Waals surface area contributed by atoms with Crippen LogP contribution < -0.4 is 9.47 Å². The first-order valence-electron chi connectivity index (χ1n) is 11.0. The summed E-state index contributed by atoms with van der Waals surface area (Å²) < 4.78 is 12.7. The standard InChI is InChI=1S/C25H28ClN5O4/c1-14-7-9-18(15(2)28-14)25(33,20-12-27-30-31(20)5)16-8-10-19-17(11-16)21(26)22(23(29-19)34-6)35-13-24(3,4)32/h7-12,32-33H,13H2,1-6H3/t25-/m1/s1. The Bertz CT molecular complexity index is 1400. The molecule has 0 aliphatic carbocycles. The van der Waals surface area contributed by atoms with Gasteiger partial charge in [-0.3, -0.25) is 4.98 Å². The van der Waals surface area contributed by atoms with Gasteiger partial charge in [0.2, 0.25) is 5.75 Å². The number of aryl methyl sites for hydroxylation is 3. The molecule has 0 saturated carbocycles. The predicted octanol–water partition coefficient (Wildman–Crippen LogP) is 3.47. The van der Waals surface area contributed by atoms with Crippen LogP contribution in [0.3, 0.4) is 0 Å². The van der Waals surface area contributed by atoms with Crippen molar-refractivity contribution in [3.05, 3.63) is 69.8 Å². The second-order valence-corrected chi connectivity index (χ2v) is 9.51. The van der Waals surface area contributed by atoms with Gasteiger partial charge in [-0.05, 0) is 51.5 Å². The van der Waals surface area contributed by atoms with Crippen molar-refractivity contribution in [1.82, 2.24) is 25.0 Å².